The zero-order valence-corrected chi connectivity index (χ0v) is 15.4. The van der Waals surface area contributed by atoms with Gasteiger partial charge in [-0.15, -0.1) is 0 Å². The number of hydrogen-bond acceptors (Lipinski definition) is 5. The molecule has 0 aliphatic heterocycles. The maximum Gasteiger partial charge on any atom is 0.330 e. The normalized spacial score (nSPS) is 12.8. The summed E-state index contributed by atoms with van der Waals surface area (Å²) in [6.07, 6.45) is 0.174. The molecule has 0 fully saturated rings. The fourth-order valence-corrected chi connectivity index (χ4v) is 5.52. The molecule has 0 N–H and O–H groups in total. The van der Waals surface area contributed by atoms with Gasteiger partial charge in [-0.2, -0.15) is 0 Å². The third-order valence-corrected chi connectivity index (χ3v) is 5.96. The molecule has 5 nitrogen and oxygen atoms in total. The second-order valence-corrected chi connectivity index (χ2v) is 8.31. The topological polar surface area (TPSA) is 54.0 Å². The molecule has 0 aromatic heterocycles. The maximum atomic E-state index is 12.6. The van der Waals surface area contributed by atoms with Crippen molar-refractivity contribution in [3.8, 4) is 0 Å². The first-order chi connectivity index (χ1) is 9.33. The molecule has 0 aromatic rings. The third-order valence-electron chi connectivity index (χ3n) is 2.08. The van der Waals surface area contributed by atoms with Gasteiger partial charge in [-0.3, -0.25) is 4.57 Å². The van der Waals surface area contributed by atoms with Crippen molar-refractivity contribution >= 4 is 17.1 Å². The van der Waals surface area contributed by atoms with Crippen molar-refractivity contribution < 1.29 is 23.1 Å². The molecule has 0 saturated heterocycles. The summed E-state index contributed by atoms with van der Waals surface area (Å²) in [4.78, 5) is 0. The van der Waals surface area contributed by atoms with Crippen LogP contribution in [0, 0.1) is 0 Å². The molecule has 0 bridgehead atoms. The van der Waals surface area contributed by atoms with Crippen LogP contribution in [0.5, 0.6) is 0 Å². The van der Waals surface area contributed by atoms with Crippen LogP contribution in [0.3, 0.4) is 0 Å². The highest BCUT2D eigenvalue weighted by Gasteiger charge is 2.27. The average molecular weight is 324 g/mol. The minimum Gasteiger partial charge on any atom is -0.357 e. The Labute approximate surface area is 126 Å². The minimum atomic E-state index is -3.03. The van der Waals surface area contributed by atoms with E-state index in [0.29, 0.717) is 34.9 Å². The molecule has 2 radical (unpaired) electrons. The molecule has 0 unspecified atom stereocenters. The zero-order chi connectivity index (χ0) is 15.6. The molecule has 0 aliphatic rings. The molecular weight excluding hydrogens is 295 g/mol. The molecule has 0 spiro atoms. The fourth-order valence-electron chi connectivity index (χ4n) is 1.56. The van der Waals surface area contributed by atoms with Crippen LogP contribution in [-0.4, -0.2) is 47.0 Å². The fraction of sp³-hybridized carbons (Fsp3) is 1.00. The predicted molar refractivity (Wildman–Crippen MR) is 82.5 cm³/mol. The van der Waals surface area contributed by atoms with Gasteiger partial charge in [0.05, 0.1) is 12.2 Å². The van der Waals surface area contributed by atoms with Gasteiger partial charge in [-0.25, -0.2) is 0 Å². The van der Waals surface area contributed by atoms with Crippen molar-refractivity contribution in [1.82, 2.24) is 0 Å². The molecular formula is C13H29O5PSi. The van der Waals surface area contributed by atoms with Crippen molar-refractivity contribution in [1.29, 1.82) is 0 Å². The SMILES string of the molecule is CCOC(OCC)[Si]CCP(=O)(OC(C)C)OC(C)C. The van der Waals surface area contributed by atoms with Gasteiger partial charge in [0.1, 0.15) is 15.4 Å². The van der Waals surface area contributed by atoms with Gasteiger partial charge >= 0.3 is 7.60 Å². The Kier molecular flexibility index (Phi) is 11.1. The first-order valence-electron chi connectivity index (χ1n) is 7.25. The van der Waals surface area contributed by atoms with E-state index in [9.17, 15) is 4.57 Å². The largest absolute Gasteiger partial charge is 0.357 e. The maximum absolute atomic E-state index is 12.6. The van der Waals surface area contributed by atoms with E-state index in [1.165, 1.54) is 0 Å². The van der Waals surface area contributed by atoms with Gasteiger partial charge in [0.25, 0.3) is 0 Å². The summed E-state index contributed by atoms with van der Waals surface area (Å²) < 4.78 is 34.6. The molecule has 120 valence electrons. The van der Waals surface area contributed by atoms with Crippen LogP contribution in [0.1, 0.15) is 41.5 Å². The molecule has 0 saturated carbocycles. The summed E-state index contributed by atoms with van der Waals surface area (Å²) in [6.45, 7) is 12.5. The summed E-state index contributed by atoms with van der Waals surface area (Å²) in [7, 11) is -2.60. The van der Waals surface area contributed by atoms with E-state index >= 15 is 0 Å². The lowest BCUT2D eigenvalue weighted by Gasteiger charge is -2.23. The first-order valence-corrected chi connectivity index (χ1v) is 10.3. The Morgan fingerprint density at radius 3 is 1.75 bits per heavy atom. The van der Waals surface area contributed by atoms with Crippen molar-refractivity contribution in [3.63, 3.8) is 0 Å². The lowest BCUT2D eigenvalue weighted by molar-refractivity contribution is -0.0826. The Hall–Kier alpha value is 0.287. The lowest BCUT2D eigenvalue weighted by atomic mass is 10.5. The quantitative estimate of drug-likeness (QED) is 0.312. The molecule has 0 amide bonds. The van der Waals surface area contributed by atoms with Crippen LogP contribution in [0.15, 0.2) is 0 Å². The Morgan fingerprint density at radius 1 is 0.950 bits per heavy atom. The van der Waals surface area contributed by atoms with Gasteiger partial charge in [-0.1, -0.05) is 0 Å². The molecule has 7 heteroatoms. The monoisotopic (exact) mass is 324 g/mol. The van der Waals surface area contributed by atoms with E-state index in [2.05, 4.69) is 0 Å². The Bertz CT molecular complexity index is 266. The van der Waals surface area contributed by atoms with Crippen LogP contribution in [-0.2, 0) is 23.1 Å². The second-order valence-electron chi connectivity index (χ2n) is 4.84. The minimum absolute atomic E-state index is 0.113. The standard InChI is InChI=1S/C13H29O5PSi/c1-7-15-13(16-8-2)20-10-9-19(14,17-11(3)4)18-12(5)6/h11-13H,7-10H2,1-6H3. The highest BCUT2D eigenvalue weighted by molar-refractivity contribution is 7.54. The van der Waals surface area contributed by atoms with Crippen molar-refractivity contribution in [3.05, 3.63) is 0 Å². The van der Waals surface area contributed by atoms with E-state index in [-0.39, 0.29) is 18.1 Å². The first kappa shape index (κ1) is 20.3. The summed E-state index contributed by atoms with van der Waals surface area (Å²) >= 11 is 0. The second kappa shape index (κ2) is 10.9. The van der Waals surface area contributed by atoms with E-state index in [1.807, 2.05) is 41.5 Å². The smallest absolute Gasteiger partial charge is 0.330 e. The van der Waals surface area contributed by atoms with Crippen LogP contribution < -0.4 is 0 Å². The van der Waals surface area contributed by atoms with Gasteiger partial charge < -0.3 is 18.5 Å². The molecule has 0 heterocycles. The summed E-state index contributed by atoms with van der Waals surface area (Å²) in [5.41, 5.74) is 0. The number of ether oxygens (including phenoxy) is 2. The molecule has 0 atom stereocenters. The average Bonchev–Trinajstić information content (AvgIpc) is 2.26. The Balaban J connectivity index is 4.34. The van der Waals surface area contributed by atoms with Crippen LogP contribution >= 0.6 is 7.60 Å². The van der Waals surface area contributed by atoms with Gasteiger partial charge in [0.15, 0.2) is 0 Å². The van der Waals surface area contributed by atoms with Gasteiger partial charge in [-0.05, 0) is 47.6 Å². The van der Waals surface area contributed by atoms with Crippen LogP contribution in [0.4, 0.5) is 0 Å². The van der Waals surface area contributed by atoms with Crippen molar-refractivity contribution in [2.45, 2.75) is 65.7 Å². The third kappa shape index (κ3) is 10.1. The van der Waals surface area contributed by atoms with Crippen molar-refractivity contribution in [2.24, 2.45) is 0 Å². The predicted octanol–water partition coefficient (Wildman–Crippen LogP) is 3.51. The summed E-state index contributed by atoms with van der Waals surface area (Å²) in [5, 5.41) is 0. The highest BCUT2D eigenvalue weighted by Crippen LogP contribution is 2.51. The van der Waals surface area contributed by atoms with E-state index < -0.39 is 7.60 Å². The van der Waals surface area contributed by atoms with Gasteiger partial charge in [0, 0.05) is 19.4 Å². The van der Waals surface area contributed by atoms with E-state index in [4.69, 9.17) is 18.5 Å². The number of hydrogen-bond donors (Lipinski definition) is 0. The molecule has 0 rings (SSSR count). The van der Waals surface area contributed by atoms with Crippen LogP contribution in [0.25, 0.3) is 0 Å². The number of rotatable bonds is 12. The highest BCUT2D eigenvalue weighted by atomic mass is 31.2. The molecule has 0 aliphatic carbocycles. The van der Waals surface area contributed by atoms with Crippen molar-refractivity contribution in [2.75, 3.05) is 19.4 Å². The lowest BCUT2D eigenvalue weighted by Crippen LogP contribution is -2.25. The summed E-state index contributed by atoms with van der Waals surface area (Å²) in [5.74, 6) is -0.212. The molecule has 0 aromatic carbocycles. The molecule has 20 heavy (non-hydrogen) atoms. The van der Waals surface area contributed by atoms with E-state index in [1.54, 1.807) is 0 Å². The van der Waals surface area contributed by atoms with E-state index in [0.717, 1.165) is 0 Å². The zero-order valence-electron chi connectivity index (χ0n) is 13.5. The Morgan fingerprint density at radius 2 is 1.40 bits per heavy atom. The van der Waals surface area contributed by atoms with Gasteiger partial charge in [0.2, 0.25) is 0 Å². The van der Waals surface area contributed by atoms with Crippen LogP contribution in [0.2, 0.25) is 6.04 Å². The summed E-state index contributed by atoms with van der Waals surface area (Å²) in [6, 6.07) is 0.710.